The Morgan fingerprint density at radius 1 is 1.61 bits per heavy atom. The number of halogens is 2. The molecule has 0 aromatic carbocycles. The monoisotopic (exact) mass is 329 g/mol. The van der Waals surface area contributed by atoms with E-state index < -0.39 is 0 Å². The normalized spacial score (nSPS) is 28.9. The third-order valence-corrected chi connectivity index (χ3v) is 4.46. The van der Waals surface area contributed by atoms with Crippen molar-refractivity contribution < 1.29 is 4.79 Å². The van der Waals surface area contributed by atoms with Gasteiger partial charge in [-0.1, -0.05) is 6.07 Å². The summed E-state index contributed by atoms with van der Waals surface area (Å²) in [5.74, 6) is 1.53. The number of aryl methyl sites for hydroxylation is 1. The molecule has 1 aliphatic heterocycles. The van der Waals surface area contributed by atoms with Gasteiger partial charge in [0.15, 0.2) is 5.82 Å². The highest BCUT2D eigenvalue weighted by molar-refractivity contribution is 9.10. The lowest BCUT2D eigenvalue weighted by Gasteiger charge is -2.20. The zero-order valence-electron chi connectivity index (χ0n) is 9.86. The van der Waals surface area contributed by atoms with E-state index in [4.69, 9.17) is 11.8 Å². The molecule has 1 amide bonds. The fourth-order valence-corrected chi connectivity index (χ4v) is 3.11. The molecule has 1 aromatic rings. The molecule has 0 bridgehead atoms. The molecule has 2 heterocycles. The average Bonchev–Trinajstić information content (AvgIpc) is 3.02. The maximum Gasteiger partial charge on any atom is 0.260 e. The number of amides is 1. The number of nitrogens with zero attached hydrogens (tertiary/aromatic N) is 2. The van der Waals surface area contributed by atoms with Crippen LogP contribution in [0.2, 0.25) is 0 Å². The Labute approximate surface area is 119 Å². The van der Waals surface area contributed by atoms with Crippen LogP contribution in [0.1, 0.15) is 12.0 Å². The van der Waals surface area contributed by atoms with Gasteiger partial charge < -0.3 is 5.32 Å². The number of piperidine rings is 1. The summed E-state index contributed by atoms with van der Waals surface area (Å²) in [5.41, 5.74) is 0.881. The lowest BCUT2D eigenvalue weighted by Crippen LogP contribution is -2.42. The minimum Gasteiger partial charge on any atom is -0.305 e. The maximum absolute atomic E-state index is 12.3. The van der Waals surface area contributed by atoms with Crippen molar-refractivity contribution in [2.24, 2.45) is 11.8 Å². The third-order valence-electron chi connectivity index (χ3n) is 3.69. The summed E-state index contributed by atoms with van der Waals surface area (Å²) < 4.78 is 1.82. The standard InChI is InChI=1S/C12H13BrClN3O/c1-6-2-3-9(13)16-11(6)17(14)12(18)10-8-4-7(8)5-15-10/h2-3,7-8,10,15H,4-5H2,1H3/t7-,8-,10+/m1/s1. The molecular weight excluding hydrogens is 318 g/mol. The number of carbonyl (C=O) groups is 1. The minimum atomic E-state index is -0.146. The average molecular weight is 331 g/mol. The first-order chi connectivity index (χ1) is 8.58. The van der Waals surface area contributed by atoms with Crippen LogP contribution in [0, 0.1) is 18.8 Å². The smallest absolute Gasteiger partial charge is 0.260 e. The summed E-state index contributed by atoms with van der Waals surface area (Å²) in [6, 6.07) is 3.57. The molecule has 0 spiro atoms. The summed E-state index contributed by atoms with van der Waals surface area (Å²) in [6.45, 7) is 2.82. The minimum absolute atomic E-state index is 0.102. The molecular formula is C12H13BrClN3O. The summed E-state index contributed by atoms with van der Waals surface area (Å²) in [7, 11) is 0. The van der Waals surface area contributed by atoms with E-state index in [2.05, 4.69) is 26.2 Å². The van der Waals surface area contributed by atoms with Gasteiger partial charge in [0.2, 0.25) is 0 Å². The molecule has 6 heteroatoms. The molecule has 1 N–H and O–H groups in total. The van der Waals surface area contributed by atoms with Crippen molar-refractivity contribution in [3.63, 3.8) is 0 Å². The van der Waals surface area contributed by atoms with Crippen molar-refractivity contribution in [1.82, 2.24) is 10.3 Å². The Balaban J connectivity index is 1.82. The first kappa shape index (κ1) is 12.4. The largest absolute Gasteiger partial charge is 0.305 e. The van der Waals surface area contributed by atoms with E-state index in [1.165, 1.54) is 0 Å². The van der Waals surface area contributed by atoms with E-state index >= 15 is 0 Å². The molecule has 3 atom stereocenters. The maximum atomic E-state index is 12.3. The van der Waals surface area contributed by atoms with Gasteiger partial charge in [0.05, 0.1) is 6.04 Å². The van der Waals surface area contributed by atoms with Crippen molar-refractivity contribution in [3.8, 4) is 0 Å². The summed E-state index contributed by atoms with van der Waals surface area (Å²) >= 11 is 9.45. The predicted octanol–water partition coefficient (Wildman–Crippen LogP) is 2.25. The number of nitrogens with one attached hydrogen (secondary N) is 1. The number of anilines is 1. The topological polar surface area (TPSA) is 45.2 Å². The van der Waals surface area contributed by atoms with E-state index in [9.17, 15) is 4.79 Å². The lowest BCUT2D eigenvalue weighted by atomic mass is 10.2. The first-order valence-corrected chi connectivity index (χ1v) is 7.07. The van der Waals surface area contributed by atoms with Gasteiger partial charge in [0, 0.05) is 11.8 Å². The third kappa shape index (κ3) is 2.04. The Bertz CT molecular complexity index is 510. The highest BCUT2D eigenvalue weighted by atomic mass is 79.9. The van der Waals surface area contributed by atoms with Crippen molar-refractivity contribution in [1.29, 1.82) is 0 Å². The number of carbonyl (C=O) groups excluding carboxylic acids is 1. The second kappa shape index (κ2) is 4.47. The zero-order valence-corrected chi connectivity index (χ0v) is 12.2. The van der Waals surface area contributed by atoms with Gasteiger partial charge in [-0.3, -0.25) is 4.79 Å². The quantitative estimate of drug-likeness (QED) is 0.668. The molecule has 1 saturated heterocycles. The Morgan fingerprint density at radius 3 is 3.00 bits per heavy atom. The van der Waals surface area contributed by atoms with Gasteiger partial charge in [-0.2, -0.15) is 0 Å². The second-order valence-corrected chi connectivity index (χ2v) is 6.09. The summed E-state index contributed by atoms with van der Waals surface area (Å²) in [5, 5.41) is 3.23. The fourth-order valence-electron chi connectivity index (χ4n) is 2.53. The zero-order chi connectivity index (χ0) is 12.9. The van der Waals surface area contributed by atoms with Gasteiger partial charge in [0.25, 0.3) is 5.91 Å². The van der Waals surface area contributed by atoms with Gasteiger partial charge in [0.1, 0.15) is 4.60 Å². The predicted molar refractivity (Wildman–Crippen MR) is 73.4 cm³/mol. The molecule has 1 aromatic heterocycles. The Morgan fingerprint density at radius 2 is 2.39 bits per heavy atom. The van der Waals surface area contributed by atoms with Crippen LogP contribution in [-0.4, -0.2) is 23.5 Å². The van der Waals surface area contributed by atoms with Crippen LogP contribution in [0.4, 0.5) is 5.82 Å². The lowest BCUT2D eigenvalue weighted by molar-refractivity contribution is -0.119. The van der Waals surface area contributed by atoms with E-state index in [1.807, 2.05) is 19.1 Å². The van der Waals surface area contributed by atoms with Crippen LogP contribution >= 0.6 is 27.7 Å². The highest BCUT2D eigenvalue weighted by Crippen LogP contribution is 2.45. The molecule has 1 saturated carbocycles. The Hall–Kier alpha value is -0.650. The molecule has 1 aliphatic carbocycles. The van der Waals surface area contributed by atoms with Crippen LogP contribution in [0.5, 0.6) is 0 Å². The van der Waals surface area contributed by atoms with Crippen molar-refractivity contribution in [3.05, 3.63) is 22.3 Å². The number of pyridine rings is 1. The highest BCUT2D eigenvalue weighted by Gasteiger charge is 2.52. The van der Waals surface area contributed by atoms with E-state index in [1.54, 1.807) is 0 Å². The van der Waals surface area contributed by atoms with Crippen LogP contribution in [0.25, 0.3) is 0 Å². The van der Waals surface area contributed by atoms with Crippen molar-refractivity contribution >= 4 is 39.4 Å². The number of fused-ring (bicyclic) bond motifs is 1. The summed E-state index contributed by atoms with van der Waals surface area (Å²) in [4.78, 5) is 16.6. The van der Waals surface area contributed by atoms with E-state index in [-0.39, 0.29) is 11.9 Å². The van der Waals surface area contributed by atoms with Gasteiger partial charge in [-0.05, 0) is 59.3 Å². The van der Waals surface area contributed by atoms with Gasteiger partial charge in [-0.15, -0.1) is 0 Å². The SMILES string of the molecule is Cc1ccc(Br)nc1N(Cl)C(=O)[C@H]1NC[C@H]2C[C@H]21. The molecule has 18 heavy (non-hydrogen) atoms. The molecule has 0 unspecified atom stereocenters. The number of rotatable bonds is 2. The van der Waals surface area contributed by atoms with Gasteiger partial charge in [-0.25, -0.2) is 9.40 Å². The number of aromatic nitrogens is 1. The summed E-state index contributed by atoms with van der Waals surface area (Å²) in [6.07, 6.45) is 1.14. The molecule has 0 radical (unpaired) electrons. The van der Waals surface area contributed by atoms with Crippen LogP contribution < -0.4 is 9.74 Å². The van der Waals surface area contributed by atoms with Crippen molar-refractivity contribution in [2.45, 2.75) is 19.4 Å². The molecule has 3 rings (SSSR count). The van der Waals surface area contributed by atoms with Crippen molar-refractivity contribution in [2.75, 3.05) is 11.0 Å². The molecule has 4 nitrogen and oxygen atoms in total. The number of hydrogen-bond donors (Lipinski definition) is 1. The van der Waals surface area contributed by atoms with E-state index in [0.29, 0.717) is 22.3 Å². The van der Waals surface area contributed by atoms with E-state index in [0.717, 1.165) is 22.9 Å². The fraction of sp³-hybridized carbons (Fsp3) is 0.500. The first-order valence-electron chi connectivity index (χ1n) is 5.94. The number of hydrogen-bond acceptors (Lipinski definition) is 3. The van der Waals surface area contributed by atoms with Crippen LogP contribution in [0.3, 0.4) is 0 Å². The molecule has 96 valence electrons. The Kier molecular flexibility index (Phi) is 3.08. The second-order valence-electron chi connectivity index (χ2n) is 4.94. The molecule has 2 aliphatic rings. The van der Waals surface area contributed by atoms with Gasteiger partial charge >= 0.3 is 0 Å². The molecule has 2 fully saturated rings. The van der Waals surface area contributed by atoms with Crippen LogP contribution in [-0.2, 0) is 4.79 Å². The van der Waals surface area contributed by atoms with Crippen LogP contribution in [0.15, 0.2) is 16.7 Å².